The number of nitrogens with one attached hydrogen (secondary N) is 1. The lowest BCUT2D eigenvalue weighted by atomic mass is 9.96. The van der Waals surface area contributed by atoms with Gasteiger partial charge in [-0.05, 0) is 60.9 Å². The summed E-state index contributed by atoms with van der Waals surface area (Å²) in [4.78, 5) is 25.6. The van der Waals surface area contributed by atoms with Crippen LogP contribution in [0.25, 0.3) is 6.08 Å². The standard InChI is InChI=1S/C18H21F2N3O2S/c1-10-7-12(18(2,19)20)8-11(9-14-16(24)22-17(25)26-14)15(10)23-5-3-13(21)4-6-23/h7-9,13H,3-6,21H2,1-2H3,(H,22,24,25)/b14-9-. The first-order chi connectivity index (χ1) is 12.1. The number of hydrogen-bond donors (Lipinski definition) is 2. The number of halogens is 2. The lowest BCUT2D eigenvalue weighted by Crippen LogP contribution is -2.40. The van der Waals surface area contributed by atoms with Gasteiger partial charge in [-0.1, -0.05) is 0 Å². The average Bonchev–Trinajstić information content (AvgIpc) is 2.85. The third-order valence-corrected chi connectivity index (χ3v) is 5.43. The van der Waals surface area contributed by atoms with Gasteiger partial charge in [0.2, 0.25) is 0 Å². The molecule has 0 spiro atoms. The predicted octanol–water partition coefficient (Wildman–Crippen LogP) is 3.36. The summed E-state index contributed by atoms with van der Waals surface area (Å²) in [5.74, 6) is -3.50. The summed E-state index contributed by atoms with van der Waals surface area (Å²) >= 11 is 0.779. The minimum atomic E-state index is -3.00. The summed E-state index contributed by atoms with van der Waals surface area (Å²) in [5.41, 5.74) is 7.89. The normalized spacial score (nSPS) is 20.8. The molecule has 0 aliphatic carbocycles. The van der Waals surface area contributed by atoms with Crippen LogP contribution < -0.4 is 16.0 Å². The van der Waals surface area contributed by atoms with Crippen molar-refractivity contribution in [1.29, 1.82) is 0 Å². The quantitative estimate of drug-likeness (QED) is 0.786. The second-order valence-electron chi connectivity index (χ2n) is 6.80. The molecule has 1 aromatic rings. The Hall–Kier alpha value is -1.93. The van der Waals surface area contributed by atoms with Crippen molar-refractivity contribution >= 4 is 34.7 Å². The molecule has 2 aliphatic rings. The molecule has 0 aromatic heterocycles. The number of imide groups is 1. The van der Waals surface area contributed by atoms with Gasteiger partial charge in [0.05, 0.1) is 4.91 Å². The summed E-state index contributed by atoms with van der Waals surface area (Å²) in [6, 6.07) is 3.03. The maximum atomic E-state index is 13.9. The fourth-order valence-electron chi connectivity index (χ4n) is 3.29. The van der Waals surface area contributed by atoms with Crippen molar-refractivity contribution in [2.24, 2.45) is 5.73 Å². The Labute approximate surface area is 155 Å². The Morgan fingerprint density at radius 2 is 1.96 bits per heavy atom. The zero-order valence-electron chi connectivity index (χ0n) is 14.6. The second kappa shape index (κ2) is 7.00. The summed E-state index contributed by atoms with van der Waals surface area (Å²) in [6.45, 7) is 4.07. The number of alkyl halides is 2. The van der Waals surface area contributed by atoms with Crippen molar-refractivity contribution in [1.82, 2.24) is 5.32 Å². The molecule has 8 heteroatoms. The van der Waals surface area contributed by atoms with Crippen LogP contribution >= 0.6 is 11.8 Å². The van der Waals surface area contributed by atoms with E-state index >= 15 is 0 Å². The maximum absolute atomic E-state index is 13.9. The number of rotatable bonds is 3. The first kappa shape index (κ1) is 18.8. The summed E-state index contributed by atoms with van der Waals surface area (Å²) < 4.78 is 27.8. The molecule has 0 saturated carbocycles. The first-order valence-corrected chi connectivity index (χ1v) is 9.25. The number of thioether (sulfide) groups is 1. The van der Waals surface area contributed by atoms with E-state index in [0.717, 1.165) is 50.3 Å². The first-order valence-electron chi connectivity index (χ1n) is 8.43. The monoisotopic (exact) mass is 381 g/mol. The van der Waals surface area contributed by atoms with Crippen molar-refractivity contribution in [2.45, 2.75) is 38.7 Å². The van der Waals surface area contributed by atoms with Crippen molar-refractivity contribution in [3.63, 3.8) is 0 Å². The largest absolute Gasteiger partial charge is 0.371 e. The molecular weight excluding hydrogens is 360 g/mol. The van der Waals surface area contributed by atoms with Crippen LogP contribution in [0.2, 0.25) is 0 Å². The van der Waals surface area contributed by atoms with Gasteiger partial charge in [0.25, 0.3) is 17.1 Å². The molecule has 0 radical (unpaired) electrons. The summed E-state index contributed by atoms with van der Waals surface area (Å²) in [6.07, 6.45) is 3.15. The molecule has 2 amide bonds. The third kappa shape index (κ3) is 3.91. The number of hydrogen-bond acceptors (Lipinski definition) is 5. The molecule has 26 heavy (non-hydrogen) atoms. The molecule has 2 saturated heterocycles. The van der Waals surface area contributed by atoms with Gasteiger partial charge < -0.3 is 10.6 Å². The Kier molecular flexibility index (Phi) is 5.07. The SMILES string of the molecule is Cc1cc(C(C)(F)F)cc(/C=C2\SC(=O)NC2=O)c1N1CCC(N)CC1. The van der Waals surface area contributed by atoms with E-state index in [1.807, 2.05) is 0 Å². The topological polar surface area (TPSA) is 75.4 Å². The number of carbonyl (C=O) groups is 2. The van der Waals surface area contributed by atoms with Crippen LogP contribution in [0.1, 0.15) is 36.5 Å². The van der Waals surface area contributed by atoms with Gasteiger partial charge in [-0.2, -0.15) is 0 Å². The fraction of sp³-hybridized carbons (Fsp3) is 0.444. The minimum Gasteiger partial charge on any atom is -0.371 e. The third-order valence-electron chi connectivity index (χ3n) is 4.62. The van der Waals surface area contributed by atoms with E-state index in [1.54, 1.807) is 6.92 Å². The van der Waals surface area contributed by atoms with Crippen LogP contribution in [0, 0.1) is 6.92 Å². The van der Waals surface area contributed by atoms with E-state index in [2.05, 4.69) is 10.2 Å². The van der Waals surface area contributed by atoms with E-state index in [-0.39, 0.29) is 16.5 Å². The Bertz CT molecular complexity index is 781. The van der Waals surface area contributed by atoms with Crippen LogP contribution in [0.15, 0.2) is 17.0 Å². The summed E-state index contributed by atoms with van der Waals surface area (Å²) in [5, 5.41) is 1.73. The van der Waals surface area contributed by atoms with Crippen molar-refractivity contribution in [3.8, 4) is 0 Å². The van der Waals surface area contributed by atoms with Gasteiger partial charge in [0, 0.05) is 37.3 Å². The molecule has 3 rings (SSSR count). The van der Waals surface area contributed by atoms with Gasteiger partial charge in [0.15, 0.2) is 0 Å². The van der Waals surface area contributed by atoms with Crippen molar-refractivity contribution in [2.75, 3.05) is 18.0 Å². The molecule has 5 nitrogen and oxygen atoms in total. The Morgan fingerprint density at radius 1 is 1.31 bits per heavy atom. The number of anilines is 1. The molecule has 2 fully saturated rings. The highest BCUT2D eigenvalue weighted by Gasteiger charge is 2.30. The molecule has 0 atom stereocenters. The Balaban J connectivity index is 2.09. The molecular formula is C18H21F2N3O2S. The minimum absolute atomic E-state index is 0.117. The molecule has 3 N–H and O–H groups in total. The van der Waals surface area contributed by atoms with Crippen molar-refractivity contribution in [3.05, 3.63) is 33.7 Å². The highest BCUT2D eigenvalue weighted by Crippen LogP contribution is 2.37. The number of piperidine rings is 1. The molecule has 0 bridgehead atoms. The van der Waals surface area contributed by atoms with Gasteiger partial charge in [-0.25, -0.2) is 8.78 Å². The Morgan fingerprint density at radius 3 is 2.50 bits per heavy atom. The van der Waals surface area contributed by atoms with Crippen LogP contribution in [-0.4, -0.2) is 30.3 Å². The average molecular weight is 381 g/mol. The van der Waals surface area contributed by atoms with Crippen LogP contribution in [-0.2, 0) is 10.7 Å². The number of carbonyl (C=O) groups excluding carboxylic acids is 2. The second-order valence-corrected chi connectivity index (χ2v) is 7.81. The van der Waals surface area contributed by atoms with E-state index in [4.69, 9.17) is 5.73 Å². The molecule has 1 aromatic carbocycles. The zero-order chi connectivity index (χ0) is 19.1. The van der Waals surface area contributed by atoms with E-state index in [9.17, 15) is 18.4 Å². The van der Waals surface area contributed by atoms with Gasteiger partial charge >= 0.3 is 0 Å². The lowest BCUT2D eigenvalue weighted by molar-refractivity contribution is -0.115. The number of nitrogens with zero attached hydrogens (tertiary/aromatic N) is 1. The van der Waals surface area contributed by atoms with E-state index < -0.39 is 17.1 Å². The maximum Gasteiger partial charge on any atom is 0.290 e. The number of benzene rings is 1. The zero-order valence-corrected chi connectivity index (χ0v) is 15.5. The fourth-order valence-corrected chi connectivity index (χ4v) is 3.96. The highest BCUT2D eigenvalue weighted by molar-refractivity contribution is 8.18. The van der Waals surface area contributed by atoms with Crippen LogP contribution in [0.5, 0.6) is 0 Å². The van der Waals surface area contributed by atoms with Crippen molar-refractivity contribution < 1.29 is 18.4 Å². The van der Waals surface area contributed by atoms with Crippen LogP contribution in [0.4, 0.5) is 19.3 Å². The van der Waals surface area contributed by atoms with Gasteiger partial charge in [0.1, 0.15) is 0 Å². The molecule has 2 heterocycles. The smallest absolute Gasteiger partial charge is 0.290 e. The number of aryl methyl sites for hydroxylation is 1. The van der Waals surface area contributed by atoms with Crippen LogP contribution in [0.3, 0.4) is 0 Å². The number of nitrogens with two attached hydrogens (primary N) is 1. The van der Waals surface area contributed by atoms with E-state index in [1.165, 1.54) is 18.2 Å². The van der Waals surface area contributed by atoms with Gasteiger partial charge in [-0.15, -0.1) is 0 Å². The molecule has 2 aliphatic heterocycles. The molecule has 0 unspecified atom stereocenters. The summed E-state index contributed by atoms with van der Waals surface area (Å²) in [7, 11) is 0. The molecule has 140 valence electrons. The lowest BCUT2D eigenvalue weighted by Gasteiger charge is -2.34. The van der Waals surface area contributed by atoms with E-state index in [0.29, 0.717) is 11.1 Å². The predicted molar refractivity (Wildman–Crippen MR) is 99.3 cm³/mol. The van der Waals surface area contributed by atoms with Gasteiger partial charge in [-0.3, -0.25) is 14.9 Å². The highest BCUT2D eigenvalue weighted by atomic mass is 32.2. The number of amides is 2.